The van der Waals surface area contributed by atoms with Crippen LogP contribution in [0.25, 0.3) is 0 Å². The summed E-state index contributed by atoms with van der Waals surface area (Å²) in [5, 5.41) is 17.1. The highest BCUT2D eigenvalue weighted by Gasteiger charge is 2.46. The Morgan fingerprint density at radius 2 is 2.34 bits per heavy atom. The number of amides is 2. The second-order valence-electron chi connectivity index (χ2n) is 7.52. The molecule has 152 valence electrons. The van der Waals surface area contributed by atoms with Crippen molar-refractivity contribution in [3.05, 3.63) is 40.9 Å². The van der Waals surface area contributed by atoms with Crippen LogP contribution in [0, 0.1) is 0 Å². The molecule has 9 nitrogen and oxygen atoms in total. The summed E-state index contributed by atoms with van der Waals surface area (Å²) in [5.74, 6) is 0.188. The molecule has 3 heterocycles. The van der Waals surface area contributed by atoms with Crippen molar-refractivity contribution in [1.29, 1.82) is 0 Å². The largest absolute Gasteiger partial charge is 0.350 e. The number of hydrogen-bond donors (Lipinski definition) is 2. The number of nitrogens with one attached hydrogen (secondary N) is 2. The Morgan fingerprint density at radius 1 is 1.52 bits per heavy atom. The van der Waals surface area contributed by atoms with E-state index in [0.29, 0.717) is 12.5 Å². The smallest absolute Gasteiger partial charge is 0.265 e. The topological polar surface area (TPSA) is 107 Å². The van der Waals surface area contributed by atoms with E-state index in [1.54, 1.807) is 11.0 Å². The zero-order valence-electron chi connectivity index (χ0n) is 16.1. The molecule has 2 aliphatic rings. The van der Waals surface area contributed by atoms with Gasteiger partial charge in [0, 0.05) is 29.3 Å². The molecule has 2 amide bonds. The van der Waals surface area contributed by atoms with Gasteiger partial charge in [-0.1, -0.05) is 27.1 Å². The number of aromatic amines is 1. The number of carbonyl (C=O) groups is 2. The first-order chi connectivity index (χ1) is 13.9. The molecule has 2 aromatic rings. The van der Waals surface area contributed by atoms with Crippen molar-refractivity contribution >= 4 is 39.4 Å². The number of halogens is 1. The zero-order chi connectivity index (χ0) is 20.6. The molecular formula is C19H22BrN7O2. The SMILES string of the molecule is C=CC1(C)C(=O)N(CC(=O)N[C@@H]2CCCN(c3nn[nH]n3)C2)c2ccc(Br)cc21. The number of benzene rings is 1. The van der Waals surface area contributed by atoms with Crippen molar-refractivity contribution in [3.8, 4) is 0 Å². The summed E-state index contributed by atoms with van der Waals surface area (Å²) in [4.78, 5) is 29.4. The number of fused-ring (bicyclic) bond motifs is 1. The summed E-state index contributed by atoms with van der Waals surface area (Å²) in [6.07, 6.45) is 3.41. The molecule has 0 aliphatic carbocycles. The van der Waals surface area contributed by atoms with Crippen molar-refractivity contribution < 1.29 is 9.59 Å². The number of rotatable bonds is 5. The highest BCUT2D eigenvalue weighted by molar-refractivity contribution is 9.10. The minimum absolute atomic E-state index is 0.0321. The first-order valence-corrected chi connectivity index (χ1v) is 10.2. The van der Waals surface area contributed by atoms with Gasteiger partial charge in [0.2, 0.25) is 11.8 Å². The summed E-state index contributed by atoms with van der Waals surface area (Å²) in [6.45, 7) is 7.06. The summed E-state index contributed by atoms with van der Waals surface area (Å²) in [6, 6.07) is 5.60. The van der Waals surface area contributed by atoms with Crippen LogP contribution in [-0.4, -0.2) is 58.1 Å². The van der Waals surface area contributed by atoms with Crippen LogP contribution >= 0.6 is 15.9 Å². The molecule has 1 unspecified atom stereocenters. The Balaban J connectivity index is 1.46. The van der Waals surface area contributed by atoms with E-state index < -0.39 is 5.41 Å². The molecule has 1 fully saturated rings. The van der Waals surface area contributed by atoms with Crippen LogP contribution in [0.4, 0.5) is 11.6 Å². The minimum atomic E-state index is -0.848. The maximum atomic E-state index is 13.1. The van der Waals surface area contributed by atoms with Gasteiger partial charge in [0.15, 0.2) is 0 Å². The van der Waals surface area contributed by atoms with Crippen molar-refractivity contribution in [2.24, 2.45) is 0 Å². The third-order valence-electron chi connectivity index (χ3n) is 5.61. The lowest BCUT2D eigenvalue weighted by Gasteiger charge is -2.32. The Morgan fingerprint density at radius 3 is 3.07 bits per heavy atom. The van der Waals surface area contributed by atoms with Gasteiger partial charge >= 0.3 is 0 Å². The predicted molar refractivity (Wildman–Crippen MR) is 112 cm³/mol. The van der Waals surface area contributed by atoms with Gasteiger partial charge in [0.1, 0.15) is 6.54 Å². The van der Waals surface area contributed by atoms with Gasteiger partial charge in [0.05, 0.1) is 5.41 Å². The van der Waals surface area contributed by atoms with Gasteiger partial charge in [-0.15, -0.1) is 11.7 Å². The van der Waals surface area contributed by atoms with Crippen molar-refractivity contribution in [2.75, 3.05) is 29.4 Å². The number of nitrogens with zero attached hydrogens (tertiary/aromatic N) is 5. The molecule has 10 heteroatoms. The first kappa shape index (κ1) is 19.6. The number of hydrogen-bond acceptors (Lipinski definition) is 6. The van der Waals surface area contributed by atoms with Crippen molar-refractivity contribution in [1.82, 2.24) is 25.9 Å². The molecule has 2 aliphatic heterocycles. The molecule has 4 rings (SSSR count). The van der Waals surface area contributed by atoms with Crippen molar-refractivity contribution in [2.45, 2.75) is 31.2 Å². The fourth-order valence-corrected chi connectivity index (χ4v) is 4.36. The molecule has 1 aromatic carbocycles. The Labute approximate surface area is 176 Å². The molecule has 1 aromatic heterocycles. The summed E-state index contributed by atoms with van der Waals surface area (Å²) >= 11 is 3.46. The van der Waals surface area contributed by atoms with Crippen LogP contribution in [0.5, 0.6) is 0 Å². The third-order valence-corrected chi connectivity index (χ3v) is 6.11. The molecular weight excluding hydrogens is 438 g/mol. The van der Waals surface area contributed by atoms with E-state index >= 15 is 0 Å². The van der Waals surface area contributed by atoms with Gasteiger partial charge in [-0.05, 0) is 48.7 Å². The second kappa shape index (κ2) is 7.58. The average Bonchev–Trinajstić information content (AvgIpc) is 3.31. The fourth-order valence-electron chi connectivity index (χ4n) is 4.00. The molecule has 29 heavy (non-hydrogen) atoms. The summed E-state index contributed by atoms with van der Waals surface area (Å²) < 4.78 is 0.882. The van der Waals surface area contributed by atoms with Gasteiger partial charge in [-0.25, -0.2) is 0 Å². The van der Waals surface area contributed by atoms with Crippen LogP contribution in [0.1, 0.15) is 25.3 Å². The fraction of sp³-hybridized carbons (Fsp3) is 0.421. The predicted octanol–water partition coefficient (Wildman–Crippen LogP) is 1.54. The van der Waals surface area contributed by atoms with E-state index in [1.165, 1.54) is 0 Å². The molecule has 1 saturated heterocycles. The lowest BCUT2D eigenvalue weighted by atomic mass is 9.84. The van der Waals surface area contributed by atoms with Crippen LogP contribution < -0.4 is 15.1 Å². The van der Waals surface area contributed by atoms with Crippen LogP contribution in [0.15, 0.2) is 35.3 Å². The highest BCUT2D eigenvalue weighted by atomic mass is 79.9. The normalized spacial score (nSPS) is 23.8. The van der Waals surface area contributed by atoms with E-state index in [0.717, 1.165) is 35.1 Å². The monoisotopic (exact) mass is 459 g/mol. The number of aromatic nitrogens is 4. The number of H-pyrrole nitrogens is 1. The summed E-state index contributed by atoms with van der Waals surface area (Å²) in [5.41, 5.74) is 0.744. The highest BCUT2D eigenvalue weighted by Crippen LogP contribution is 2.43. The average molecular weight is 460 g/mol. The van der Waals surface area contributed by atoms with Gasteiger partial charge < -0.3 is 15.1 Å². The molecule has 0 bridgehead atoms. The maximum Gasteiger partial charge on any atom is 0.265 e. The Bertz CT molecular complexity index is 948. The summed E-state index contributed by atoms with van der Waals surface area (Å²) in [7, 11) is 0. The molecule has 0 radical (unpaired) electrons. The van der Waals surface area contributed by atoms with E-state index in [9.17, 15) is 9.59 Å². The van der Waals surface area contributed by atoms with Crippen LogP contribution in [-0.2, 0) is 15.0 Å². The minimum Gasteiger partial charge on any atom is -0.350 e. The van der Waals surface area contributed by atoms with Gasteiger partial charge in [-0.3, -0.25) is 9.59 Å². The second-order valence-corrected chi connectivity index (χ2v) is 8.44. The Kier molecular flexibility index (Phi) is 5.12. The Hall–Kier alpha value is -2.75. The van der Waals surface area contributed by atoms with E-state index in [-0.39, 0.29) is 24.4 Å². The van der Waals surface area contributed by atoms with E-state index in [1.807, 2.05) is 30.0 Å². The lowest BCUT2D eigenvalue weighted by molar-refractivity contribution is -0.125. The zero-order valence-corrected chi connectivity index (χ0v) is 17.6. The standard InChI is InChI=1S/C19H22BrN7O2/c1-3-19(2)14-9-12(20)6-7-15(14)27(17(19)29)11-16(28)21-13-5-4-8-26(10-13)18-22-24-25-23-18/h3,6-7,9,13H,1,4-5,8,10-11H2,2H3,(H,21,28)(H,22,23,24,25)/t13-,19?/m1/s1. The number of piperidine rings is 1. The van der Waals surface area contributed by atoms with Gasteiger partial charge in [-0.2, -0.15) is 5.21 Å². The molecule has 2 N–H and O–H groups in total. The quantitative estimate of drug-likeness (QED) is 0.656. The first-order valence-electron chi connectivity index (χ1n) is 9.45. The lowest BCUT2D eigenvalue weighted by Crippen LogP contribution is -2.51. The number of carbonyl (C=O) groups excluding carboxylic acids is 2. The number of anilines is 2. The molecule has 2 atom stereocenters. The van der Waals surface area contributed by atoms with Crippen LogP contribution in [0.2, 0.25) is 0 Å². The maximum absolute atomic E-state index is 13.1. The van der Waals surface area contributed by atoms with Gasteiger partial charge in [0.25, 0.3) is 5.95 Å². The molecule has 0 saturated carbocycles. The third kappa shape index (κ3) is 3.52. The molecule has 0 spiro atoms. The van der Waals surface area contributed by atoms with Crippen molar-refractivity contribution in [3.63, 3.8) is 0 Å². The number of tetrazole rings is 1. The van der Waals surface area contributed by atoms with Crippen LogP contribution in [0.3, 0.4) is 0 Å². The van der Waals surface area contributed by atoms with E-state index in [4.69, 9.17) is 0 Å². The van der Waals surface area contributed by atoms with E-state index in [2.05, 4.69) is 48.4 Å².